The Kier molecular flexibility index (Phi) is 4.40. The number of nitrogens with one attached hydrogen (secondary N) is 1. The van der Waals surface area contributed by atoms with Crippen molar-refractivity contribution in [3.63, 3.8) is 0 Å². The second-order valence-corrected chi connectivity index (χ2v) is 6.75. The summed E-state index contributed by atoms with van der Waals surface area (Å²) >= 11 is 1.46. The number of aromatic nitrogens is 2. The zero-order valence-electron chi connectivity index (χ0n) is 13.2. The molecule has 118 valence electrons. The Balaban J connectivity index is 1.85. The highest BCUT2D eigenvalue weighted by molar-refractivity contribution is 7.20. The first kappa shape index (κ1) is 15.4. The number of hydrogen-bond acceptors (Lipinski definition) is 5. The zero-order valence-corrected chi connectivity index (χ0v) is 14.0. The Hall–Kier alpha value is -1.53. The number of ether oxygens (including phenoxy) is 1. The van der Waals surface area contributed by atoms with Crippen molar-refractivity contribution < 1.29 is 9.53 Å². The quantitative estimate of drug-likeness (QED) is 0.941. The molecule has 0 radical (unpaired) electrons. The van der Waals surface area contributed by atoms with E-state index >= 15 is 0 Å². The highest BCUT2D eigenvalue weighted by Crippen LogP contribution is 2.31. The number of fused-ring (bicyclic) bond motifs is 1. The number of nitrogens with zero attached hydrogens (tertiary/aromatic N) is 2. The maximum Gasteiger partial charge on any atom is 0.261 e. The van der Waals surface area contributed by atoms with Crippen LogP contribution in [0.5, 0.6) is 0 Å². The Morgan fingerprint density at radius 3 is 2.91 bits per heavy atom. The molecule has 2 aromatic rings. The van der Waals surface area contributed by atoms with E-state index in [9.17, 15) is 4.79 Å². The molecule has 0 unspecified atom stereocenters. The molecule has 1 saturated heterocycles. The lowest BCUT2D eigenvalue weighted by atomic mass is 10.1. The molecule has 1 fully saturated rings. The first-order valence-corrected chi connectivity index (χ1v) is 8.54. The van der Waals surface area contributed by atoms with Gasteiger partial charge in [-0.3, -0.25) is 4.79 Å². The molecule has 0 aliphatic carbocycles. The fourth-order valence-corrected chi connectivity index (χ4v) is 4.00. The number of aryl methyl sites for hydroxylation is 3. The third-order valence-electron chi connectivity index (χ3n) is 4.12. The Morgan fingerprint density at radius 1 is 1.41 bits per heavy atom. The molecule has 1 atom stereocenters. The average molecular weight is 319 g/mol. The van der Waals surface area contributed by atoms with Crippen LogP contribution >= 0.6 is 11.3 Å². The number of carbonyl (C=O) groups excluding carboxylic acids is 1. The molecule has 0 bridgehead atoms. The summed E-state index contributed by atoms with van der Waals surface area (Å²) in [7, 11) is 0. The number of hydrogen-bond donors (Lipinski definition) is 1. The van der Waals surface area contributed by atoms with Gasteiger partial charge < -0.3 is 10.1 Å². The van der Waals surface area contributed by atoms with Crippen molar-refractivity contribution in [2.24, 2.45) is 5.92 Å². The van der Waals surface area contributed by atoms with Crippen molar-refractivity contribution in [2.45, 2.75) is 33.6 Å². The molecule has 0 saturated carbocycles. The molecular weight excluding hydrogens is 298 g/mol. The van der Waals surface area contributed by atoms with Crippen LogP contribution in [0.1, 0.15) is 40.1 Å². The molecule has 3 heterocycles. The lowest BCUT2D eigenvalue weighted by Crippen LogP contribution is -2.29. The SMILES string of the molecule is CCc1nc(C)c2c(C)c(C(=O)NC[C@H]3CCOC3)sc2n1. The van der Waals surface area contributed by atoms with Gasteiger partial charge in [0, 0.05) is 36.6 Å². The van der Waals surface area contributed by atoms with E-state index in [1.54, 1.807) is 0 Å². The maximum atomic E-state index is 12.5. The predicted molar refractivity (Wildman–Crippen MR) is 87.5 cm³/mol. The highest BCUT2D eigenvalue weighted by Gasteiger charge is 2.21. The van der Waals surface area contributed by atoms with Gasteiger partial charge in [-0.15, -0.1) is 11.3 Å². The fraction of sp³-hybridized carbons (Fsp3) is 0.562. The van der Waals surface area contributed by atoms with E-state index in [0.717, 1.165) is 58.2 Å². The third-order valence-corrected chi connectivity index (χ3v) is 5.30. The van der Waals surface area contributed by atoms with Crippen molar-refractivity contribution in [3.8, 4) is 0 Å². The molecule has 0 aromatic carbocycles. The molecule has 5 nitrogen and oxygen atoms in total. The molecule has 1 amide bonds. The smallest absolute Gasteiger partial charge is 0.261 e. The van der Waals surface area contributed by atoms with E-state index in [-0.39, 0.29) is 5.91 Å². The number of amides is 1. The Labute approximate surface area is 134 Å². The summed E-state index contributed by atoms with van der Waals surface area (Å²) in [5.41, 5.74) is 1.94. The monoisotopic (exact) mass is 319 g/mol. The first-order chi connectivity index (χ1) is 10.6. The summed E-state index contributed by atoms with van der Waals surface area (Å²) in [6, 6.07) is 0. The highest BCUT2D eigenvalue weighted by atomic mass is 32.1. The minimum atomic E-state index is -0.00940. The van der Waals surface area contributed by atoms with E-state index in [4.69, 9.17) is 4.74 Å². The molecule has 1 N–H and O–H groups in total. The minimum Gasteiger partial charge on any atom is -0.381 e. The van der Waals surface area contributed by atoms with Gasteiger partial charge in [0.1, 0.15) is 10.7 Å². The summed E-state index contributed by atoms with van der Waals surface area (Å²) in [6.45, 7) is 8.23. The summed E-state index contributed by atoms with van der Waals surface area (Å²) < 4.78 is 5.34. The normalized spacial score (nSPS) is 18.0. The van der Waals surface area contributed by atoms with Crippen molar-refractivity contribution in [1.82, 2.24) is 15.3 Å². The fourth-order valence-electron chi connectivity index (χ4n) is 2.83. The first-order valence-electron chi connectivity index (χ1n) is 7.72. The molecule has 2 aromatic heterocycles. The van der Waals surface area contributed by atoms with Gasteiger partial charge in [0.2, 0.25) is 0 Å². The van der Waals surface area contributed by atoms with Crippen LogP contribution in [0.3, 0.4) is 0 Å². The molecule has 0 spiro atoms. The van der Waals surface area contributed by atoms with Gasteiger partial charge >= 0.3 is 0 Å². The van der Waals surface area contributed by atoms with Crippen LogP contribution < -0.4 is 5.32 Å². The topological polar surface area (TPSA) is 64.1 Å². The van der Waals surface area contributed by atoms with Crippen LogP contribution in [0, 0.1) is 19.8 Å². The van der Waals surface area contributed by atoms with Crippen LogP contribution in [0.25, 0.3) is 10.2 Å². The lowest BCUT2D eigenvalue weighted by Gasteiger charge is -2.08. The lowest BCUT2D eigenvalue weighted by molar-refractivity contribution is 0.0948. The number of thiophene rings is 1. The summed E-state index contributed by atoms with van der Waals surface area (Å²) in [6.07, 6.45) is 1.83. The van der Waals surface area contributed by atoms with Gasteiger partial charge in [-0.25, -0.2) is 9.97 Å². The van der Waals surface area contributed by atoms with Crippen LogP contribution in [0.4, 0.5) is 0 Å². The van der Waals surface area contributed by atoms with Gasteiger partial charge in [-0.2, -0.15) is 0 Å². The van der Waals surface area contributed by atoms with E-state index in [1.807, 2.05) is 20.8 Å². The van der Waals surface area contributed by atoms with Crippen LogP contribution in [-0.2, 0) is 11.2 Å². The van der Waals surface area contributed by atoms with Crippen molar-refractivity contribution in [3.05, 3.63) is 22.0 Å². The Bertz CT molecular complexity index is 705. The molecule has 22 heavy (non-hydrogen) atoms. The van der Waals surface area contributed by atoms with Gasteiger partial charge in [-0.05, 0) is 25.8 Å². The van der Waals surface area contributed by atoms with Crippen LogP contribution in [-0.4, -0.2) is 35.6 Å². The second-order valence-electron chi connectivity index (χ2n) is 5.75. The predicted octanol–water partition coefficient (Wildman–Crippen LogP) is 2.64. The molecular formula is C16H21N3O2S. The van der Waals surface area contributed by atoms with Gasteiger partial charge in [-0.1, -0.05) is 6.92 Å². The summed E-state index contributed by atoms with van der Waals surface area (Å²) in [5.74, 6) is 1.26. The van der Waals surface area contributed by atoms with E-state index in [2.05, 4.69) is 15.3 Å². The van der Waals surface area contributed by atoms with Crippen molar-refractivity contribution in [1.29, 1.82) is 0 Å². The third kappa shape index (κ3) is 2.85. The van der Waals surface area contributed by atoms with Crippen LogP contribution in [0.15, 0.2) is 0 Å². The second kappa shape index (κ2) is 6.30. The van der Waals surface area contributed by atoms with Crippen molar-refractivity contribution in [2.75, 3.05) is 19.8 Å². The zero-order chi connectivity index (χ0) is 15.7. The largest absolute Gasteiger partial charge is 0.381 e. The molecule has 6 heteroatoms. The standard InChI is InChI=1S/C16H21N3O2S/c1-4-12-18-10(3)13-9(2)14(22-16(13)19-12)15(20)17-7-11-5-6-21-8-11/h11H,4-8H2,1-3H3,(H,17,20)/t11-/m1/s1. The average Bonchev–Trinajstić information content (AvgIpc) is 3.12. The van der Waals surface area contributed by atoms with Crippen molar-refractivity contribution >= 4 is 27.5 Å². The van der Waals surface area contributed by atoms with Crippen LogP contribution in [0.2, 0.25) is 0 Å². The van der Waals surface area contributed by atoms with Gasteiger partial charge in [0.15, 0.2) is 0 Å². The summed E-state index contributed by atoms with van der Waals surface area (Å²) in [4.78, 5) is 23.2. The minimum absolute atomic E-state index is 0.00940. The van der Waals surface area contributed by atoms with Gasteiger partial charge in [0.25, 0.3) is 5.91 Å². The maximum absolute atomic E-state index is 12.5. The van der Waals surface area contributed by atoms with E-state index in [0.29, 0.717) is 12.5 Å². The number of carbonyl (C=O) groups is 1. The van der Waals surface area contributed by atoms with E-state index < -0.39 is 0 Å². The molecule has 3 rings (SSSR count). The Morgan fingerprint density at radius 2 is 2.23 bits per heavy atom. The summed E-state index contributed by atoms with van der Waals surface area (Å²) in [5, 5.41) is 4.06. The van der Waals surface area contributed by atoms with Gasteiger partial charge in [0.05, 0.1) is 11.5 Å². The molecule has 1 aliphatic rings. The molecule has 1 aliphatic heterocycles. The number of rotatable bonds is 4. The van der Waals surface area contributed by atoms with E-state index in [1.165, 1.54) is 11.3 Å².